The zero-order chi connectivity index (χ0) is 9.84. The Morgan fingerprint density at radius 2 is 1.77 bits per heavy atom. The molecule has 1 N–H and O–H groups in total. The van der Waals surface area contributed by atoms with Gasteiger partial charge in [0.2, 0.25) is 0 Å². The first-order chi connectivity index (χ1) is 6.08. The highest BCUT2D eigenvalue weighted by atomic mass is 32.1. The van der Waals surface area contributed by atoms with Gasteiger partial charge in [0.1, 0.15) is 0 Å². The number of rotatable bonds is 2. The zero-order valence-corrected chi connectivity index (χ0v) is 8.73. The molecule has 0 unspecified atom stereocenters. The van der Waals surface area contributed by atoms with E-state index in [0.29, 0.717) is 0 Å². The van der Waals surface area contributed by atoms with E-state index in [1.54, 1.807) is 6.08 Å². The molecule has 0 radical (unpaired) electrons. The summed E-state index contributed by atoms with van der Waals surface area (Å²) in [6.07, 6.45) is 3.58. The third kappa shape index (κ3) is 3.47. The quantitative estimate of drug-likeness (QED) is 0.407. The molecular formula is C11H13NS. The van der Waals surface area contributed by atoms with E-state index in [4.69, 9.17) is 5.41 Å². The molecule has 2 heteroatoms. The van der Waals surface area contributed by atoms with Crippen LogP contribution in [-0.2, 0) is 0 Å². The molecule has 68 valence electrons. The van der Waals surface area contributed by atoms with Gasteiger partial charge in [-0.15, -0.1) is 12.6 Å². The van der Waals surface area contributed by atoms with Crippen LogP contribution in [0, 0.1) is 19.3 Å². The molecule has 0 saturated heterocycles. The maximum absolute atomic E-state index is 7.13. The first kappa shape index (κ1) is 10.1. The van der Waals surface area contributed by atoms with Crippen molar-refractivity contribution in [3.63, 3.8) is 0 Å². The fraction of sp³-hybridized carbons (Fsp3) is 0.182. The van der Waals surface area contributed by atoms with E-state index >= 15 is 0 Å². The van der Waals surface area contributed by atoms with Crippen molar-refractivity contribution in [2.75, 3.05) is 0 Å². The molecule has 0 saturated carbocycles. The lowest BCUT2D eigenvalue weighted by Crippen LogP contribution is -1.81. The Kier molecular flexibility index (Phi) is 3.32. The Labute approximate surface area is 84.4 Å². The van der Waals surface area contributed by atoms with Crippen molar-refractivity contribution in [1.82, 2.24) is 0 Å². The second-order valence-electron chi connectivity index (χ2n) is 3.14. The molecule has 1 nitrogen and oxygen atoms in total. The van der Waals surface area contributed by atoms with Crippen LogP contribution in [0.4, 0.5) is 0 Å². The average molecular weight is 191 g/mol. The predicted octanol–water partition coefficient (Wildman–Crippen LogP) is 3.22. The molecule has 0 aromatic heterocycles. The Balaban J connectivity index is 2.95. The molecule has 0 spiro atoms. The molecular weight excluding hydrogens is 178 g/mol. The molecule has 0 aliphatic heterocycles. The summed E-state index contributed by atoms with van der Waals surface area (Å²) in [6, 6.07) is 6.30. The third-order valence-electron chi connectivity index (χ3n) is 1.68. The number of benzene rings is 1. The minimum absolute atomic E-state index is 0.277. The Hall–Kier alpha value is -1.02. The molecule has 0 atom stereocenters. The number of aryl methyl sites for hydroxylation is 2. The van der Waals surface area contributed by atoms with Gasteiger partial charge in [0.15, 0.2) is 0 Å². The maximum atomic E-state index is 7.13. The van der Waals surface area contributed by atoms with E-state index in [1.165, 1.54) is 11.1 Å². The normalized spacial score (nSPS) is 10.7. The highest BCUT2D eigenvalue weighted by Gasteiger charge is 1.91. The van der Waals surface area contributed by atoms with Gasteiger partial charge in [-0.05, 0) is 25.5 Å². The SMILES string of the molecule is Cc1cc(C)cc(/C=C/C(=N)S)c1. The van der Waals surface area contributed by atoms with Crippen molar-refractivity contribution in [3.05, 3.63) is 41.0 Å². The molecule has 0 bridgehead atoms. The van der Waals surface area contributed by atoms with Crippen LogP contribution in [0.3, 0.4) is 0 Å². The highest BCUT2D eigenvalue weighted by Crippen LogP contribution is 2.10. The molecule has 0 aliphatic rings. The van der Waals surface area contributed by atoms with Gasteiger partial charge in [0.05, 0.1) is 5.04 Å². The Morgan fingerprint density at radius 3 is 2.23 bits per heavy atom. The van der Waals surface area contributed by atoms with E-state index in [1.807, 2.05) is 6.08 Å². The second kappa shape index (κ2) is 4.28. The van der Waals surface area contributed by atoms with Crippen molar-refractivity contribution < 1.29 is 0 Å². The zero-order valence-electron chi connectivity index (χ0n) is 7.83. The number of hydrogen-bond acceptors (Lipinski definition) is 1. The molecule has 13 heavy (non-hydrogen) atoms. The molecule has 0 aliphatic carbocycles. The Bertz CT molecular complexity index is 333. The van der Waals surface area contributed by atoms with E-state index in [0.717, 1.165) is 5.56 Å². The minimum Gasteiger partial charge on any atom is -0.294 e. The van der Waals surface area contributed by atoms with E-state index in [9.17, 15) is 0 Å². The standard InChI is InChI=1S/C11H13NS/c1-8-5-9(2)7-10(6-8)3-4-11(12)13/h3-7H,1-2H3,(H2,12,13)/b4-3+. The molecule has 0 amide bonds. The van der Waals surface area contributed by atoms with Crippen molar-refractivity contribution in [2.45, 2.75) is 13.8 Å². The van der Waals surface area contributed by atoms with Crippen LogP contribution in [0.5, 0.6) is 0 Å². The van der Waals surface area contributed by atoms with Gasteiger partial charge in [-0.3, -0.25) is 5.41 Å². The summed E-state index contributed by atoms with van der Waals surface area (Å²) in [5, 5.41) is 7.41. The predicted molar refractivity (Wildman–Crippen MR) is 61.7 cm³/mol. The summed E-state index contributed by atoms with van der Waals surface area (Å²) in [5.41, 5.74) is 3.60. The first-order valence-electron chi connectivity index (χ1n) is 4.12. The fourth-order valence-electron chi connectivity index (χ4n) is 1.28. The lowest BCUT2D eigenvalue weighted by atomic mass is 10.1. The van der Waals surface area contributed by atoms with Gasteiger partial charge in [0.25, 0.3) is 0 Å². The lowest BCUT2D eigenvalue weighted by Gasteiger charge is -1.99. The largest absolute Gasteiger partial charge is 0.294 e. The number of thiol groups is 1. The highest BCUT2D eigenvalue weighted by molar-refractivity contribution is 7.97. The first-order valence-corrected chi connectivity index (χ1v) is 4.56. The minimum atomic E-state index is 0.277. The van der Waals surface area contributed by atoms with Gasteiger partial charge >= 0.3 is 0 Å². The van der Waals surface area contributed by atoms with Crippen LogP contribution in [0.25, 0.3) is 6.08 Å². The molecule has 1 aromatic rings. The molecule has 1 rings (SSSR count). The maximum Gasteiger partial charge on any atom is 0.0839 e. The van der Waals surface area contributed by atoms with Gasteiger partial charge in [-0.1, -0.05) is 35.4 Å². The van der Waals surface area contributed by atoms with Gasteiger partial charge in [0, 0.05) is 0 Å². The van der Waals surface area contributed by atoms with E-state index in [2.05, 4.69) is 44.7 Å². The van der Waals surface area contributed by atoms with Gasteiger partial charge in [-0.2, -0.15) is 0 Å². The number of hydrogen-bond donors (Lipinski definition) is 2. The van der Waals surface area contributed by atoms with Crippen LogP contribution in [0.2, 0.25) is 0 Å². The lowest BCUT2D eigenvalue weighted by molar-refractivity contribution is 1.37. The number of nitrogens with one attached hydrogen (secondary N) is 1. The van der Waals surface area contributed by atoms with Crippen molar-refractivity contribution in [3.8, 4) is 0 Å². The summed E-state index contributed by atoms with van der Waals surface area (Å²) in [6.45, 7) is 4.13. The van der Waals surface area contributed by atoms with Crippen LogP contribution in [-0.4, -0.2) is 5.04 Å². The van der Waals surface area contributed by atoms with E-state index in [-0.39, 0.29) is 5.04 Å². The summed E-state index contributed by atoms with van der Waals surface area (Å²) >= 11 is 3.88. The van der Waals surface area contributed by atoms with Crippen LogP contribution < -0.4 is 0 Å². The van der Waals surface area contributed by atoms with E-state index < -0.39 is 0 Å². The topological polar surface area (TPSA) is 23.9 Å². The molecule has 0 heterocycles. The van der Waals surface area contributed by atoms with Gasteiger partial charge in [-0.25, -0.2) is 0 Å². The Morgan fingerprint density at radius 1 is 1.23 bits per heavy atom. The van der Waals surface area contributed by atoms with Gasteiger partial charge < -0.3 is 0 Å². The van der Waals surface area contributed by atoms with Crippen molar-refractivity contribution in [1.29, 1.82) is 5.41 Å². The monoisotopic (exact) mass is 191 g/mol. The van der Waals surface area contributed by atoms with Crippen molar-refractivity contribution >= 4 is 23.7 Å². The average Bonchev–Trinajstić information content (AvgIpc) is 1.99. The van der Waals surface area contributed by atoms with Crippen LogP contribution in [0.1, 0.15) is 16.7 Å². The summed E-state index contributed by atoms with van der Waals surface area (Å²) in [5.74, 6) is 0. The smallest absolute Gasteiger partial charge is 0.0839 e. The van der Waals surface area contributed by atoms with Crippen molar-refractivity contribution in [2.24, 2.45) is 0 Å². The summed E-state index contributed by atoms with van der Waals surface area (Å²) in [7, 11) is 0. The fourth-order valence-corrected chi connectivity index (χ4v) is 1.36. The molecule has 0 fully saturated rings. The summed E-state index contributed by atoms with van der Waals surface area (Å²) < 4.78 is 0. The second-order valence-corrected chi connectivity index (χ2v) is 3.62. The molecule has 1 aromatic carbocycles. The summed E-state index contributed by atoms with van der Waals surface area (Å²) in [4.78, 5) is 0. The van der Waals surface area contributed by atoms with Crippen LogP contribution in [0.15, 0.2) is 24.3 Å². The van der Waals surface area contributed by atoms with Crippen LogP contribution >= 0.6 is 12.6 Å². The third-order valence-corrected chi connectivity index (χ3v) is 1.83.